The van der Waals surface area contributed by atoms with Crippen molar-refractivity contribution in [2.45, 2.75) is 76.3 Å². The van der Waals surface area contributed by atoms with Crippen molar-refractivity contribution in [2.24, 2.45) is 0 Å². The highest BCUT2D eigenvalue weighted by Crippen LogP contribution is 2.49. The van der Waals surface area contributed by atoms with Crippen molar-refractivity contribution in [1.29, 1.82) is 0 Å². The molecule has 0 radical (unpaired) electrons. The van der Waals surface area contributed by atoms with Crippen LogP contribution in [0.2, 0.25) is 10.0 Å². The van der Waals surface area contributed by atoms with Crippen LogP contribution < -0.4 is 20.1 Å². The van der Waals surface area contributed by atoms with E-state index in [1.807, 2.05) is 44.2 Å². The lowest BCUT2D eigenvalue weighted by atomic mass is 9.67. The molecule has 4 aromatic rings. The molecule has 278 valence electrons. The van der Waals surface area contributed by atoms with Crippen molar-refractivity contribution >= 4 is 60.3 Å². The summed E-state index contributed by atoms with van der Waals surface area (Å²) in [6, 6.07) is 20.3. The minimum absolute atomic E-state index is 0.203. The smallest absolute Gasteiger partial charge is 0.294 e. The fraction of sp³-hybridized carbons (Fsp3) is 0.341. The van der Waals surface area contributed by atoms with Gasteiger partial charge in [-0.2, -0.15) is 16.8 Å². The Hall–Kier alpha value is -3.51. The van der Waals surface area contributed by atoms with Gasteiger partial charge in [0.05, 0.1) is 10.4 Å². The van der Waals surface area contributed by atoms with Crippen molar-refractivity contribution < 1.29 is 25.9 Å². The molecule has 0 saturated heterocycles. The van der Waals surface area contributed by atoms with E-state index >= 15 is 0 Å². The summed E-state index contributed by atoms with van der Waals surface area (Å²) < 4.78 is 70.9. The van der Waals surface area contributed by atoms with Gasteiger partial charge < -0.3 is 4.90 Å². The van der Waals surface area contributed by atoms with Crippen LogP contribution in [0.1, 0.15) is 86.4 Å². The number of nitrogens with zero attached hydrogens (tertiary/aromatic N) is 2. The first kappa shape index (κ1) is 37.8. The van der Waals surface area contributed by atoms with Crippen LogP contribution >= 0.6 is 23.2 Å². The number of benzene rings is 4. The Morgan fingerprint density at radius 2 is 1.55 bits per heavy atom. The van der Waals surface area contributed by atoms with Gasteiger partial charge in [-0.15, -0.1) is 0 Å². The summed E-state index contributed by atoms with van der Waals surface area (Å²) in [6.45, 7) is 12.9. The molecule has 0 atom stereocenters. The van der Waals surface area contributed by atoms with E-state index in [-0.39, 0.29) is 4.90 Å². The SMILES string of the molecule is CCC[N+]1=c2cc3c(cc2CCC1)=C(c1c(Cl)cccc1Cl)c1cc2c(cc1C3(C)C)N(Cc1ccc(S(=O)(=O)O)cc1)C(C)(C)C=C2CS(=O)(=O)O. The van der Waals surface area contributed by atoms with E-state index in [0.717, 1.165) is 71.1 Å². The van der Waals surface area contributed by atoms with Crippen LogP contribution in [-0.4, -0.2) is 50.3 Å². The second-order valence-electron chi connectivity index (χ2n) is 15.4. The molecule has 53 heavy (non-hydrogen) atoms. The summed E-state index contributed by atoms with van der Waals surface area (Å²) >= 11 is 14.1. The van der Waals surface area contributed by atoms with Gasteiger partial charge in [0.2, 0.25) is 5.36 Å². The number of anilines is 1. The van der Waals surface area contributed by atoms with Gasteiger partial charge in [-0.25, -0.2) is 4.58 Å². The summed E-state index contributed by atoms with van der Waals surface area (Å²) in [6.07, 6.45) is 4.89. The molecule has 0 saturated carbocycles. The van der Waals surface area contributed by atoms with Gasteiger partial charge in [0.1, 0.15) is 18.8 Å². The van der Waals surface area contributed by atoms with Crippen molar-refractivity contribution in [3.8, 4) is 0 Å². The molecule has 0 spiro atoms. The van der Waals surface area contributed by atoms with E-state index in [2.05, 4.69) is 48.4 Å². The maximum absolute atomic E-state index is 12.5. The third-order valence-electron chi connectivity index (χ3n) is 10.9. The minimum atomic E-state index is -4.43. The largest absolute Gasteiger partial charge is 0.358 e. The second kappa shape index (κ2) is 13.4. The van der Waals surface area contributed by atoms with Crippen LogP contribution in [0.5, 0.6) is 0 Å². The van der Waals surface area contributed by atoms with E-state index in [0.29, 0.717) is 33.3 Å². The molecule has 12 heteroatoms. The Balaban J connectivity index is 1.56. The van der Waals surface area contributed by atoms with Crippen LogP contribution in [0.4, 0.5) is 5.69 Å². The Kier molecular flexibility index (Phi) is 9.52. The predicted octanol–water partition coefficient (Wildman–Crippen LogP) is 7.04. The maximum Gasteiger partial charge on any atom is 0.294 e. The number of rotatable bonds is 8. The lowest BCUT2D eigenvalue weighted by Crippen LogP contribution is -2.46. The van der Waals surface area contributed by atoms with Crippen LogP contribution in [0.3, 0.4) is 0 Å². The summed E-state index contributed by atoms with van der Waals surface area (Å²) in [5.74, 6) is -0.581. The zero-order valence-electron chi connectivity index (χ0n) is 30.4. The molecular weight excluding hydrogens is 751 g/mol. The minimum Gasteiger partial charge on any atom is -0.358 e. The van der Waals surface area contributed by atoms with Crippen LogP contribution in [0.25, 0.3) is 11.1 Å². The molecule has 1 aliphatic carbocycles. The molecular formula is C41H43Cl2N2O6S2+. The van der Waals surface area contributed by atoms with Gasteiger partial charge in [0, 0.05) is 63.3 Å². The summed E-state index contributed by atoms with van der Waals surface area (Å²) in [4.78, 5) is 1.95. The highest BCUT2D eigenvalue weighted by atomic mass is 35.5. The number of hydrogen-bond donors (Lipinski definition) is 2. The fourth-order valence-electron chi connectivity index (χ4n) is 8.47. The van der Waals surface area contributed by atoms with Crippen LogP contribution in [0.15, 0.2) is 77.7 Å². The lowest BCUT2D eigenvalue weighted by molar-refractivity contribution is 0.482. The van der Waals surface area contributed by atoms with Crippen LogP contribution in [0, 0.1) is 0 Å². The monoisotopic (exact) mass is 793 g/mol. The van der Waals surface area contributed by atoms with Crippen molar-refractivity contribution in [3.63, 3.8) is 0 Å². The normalized spacial score (nSPS) is 17.5. The number of aryl methyl sites for hydroxylation is 1. The molecule has 0 amide bonds. The first-order valence-corrected chi connectivity index (χ1v) is 21.5. The zero-order chi connectivity index (χ0) is 38.2. The topological polar surface area (TPSA) is 115 Å². The van der Waals surface area contributed by atoms with Crippen molar-refractivity contribution in [1.82, 2.24) is 4.58 Å². The summed E-state index contributed by atoms with van der Waals surface area (Å²) in [7, 11) is -8.80. The average molecular weight is 795 g/mol. The number of fused-ring (bicyclic) bond motifs is 4. The average Bonchev–Trinajstić information content (AvgIpc) is 3.06. The van der Waals surface area contributed by atoms with Gasteiger partial charge in [-0.1, -0.05) is 68.2 Å². The van der Waals surface area contributed by atoms with E-state index in [4.69, 9.17) is 23.2 Å². The molecule has 2 N–H and O–H groups in total. The molecule has 0 fully saturated rings. The summed E-state index contributed by atoms with van der Waals surface area (Å²) in [5, 5.41) is 3.26. The second-order valence-corrected chi connectivity index (χ2v) is 19.1. The predicted molar refractivity (Wildman–Crippen MR) is 213 cm³/mol. The van der Waals surface area contributed by atoms with Gasteiger partial charge in [0.15, 0.2) is 0 Å². The molecule has 2 heterocycles. The molecule has 4 aromatic carbocycles. The van der Waals surface area contributed by atoms with Crippen molar-refractivity contribution in [3.05, 3.63) is 132 Å². The molecule has 8 nitrogen and oxygen atoms in total. The zero-order valence-corrected chi connectivity index (χ0v) is 33.5. The Morgan fingerprint density at radius 3 is 2.17 bits per heavy atom. The Labute approximate surface area is 321 Å². The Morgan fingerprint density at radius 1 is 0.868 bits per heavy atom. The van der Waals surface area contributed by atoms with Crippen LogP contribution in [-0.2, 0) is 38.6 Å². The molecule has 0 aromatic heterocycles. The first-order valence-electron chi connectivity index (χ1n) is 17.7. The van der Waals surface area contributed by atoms with E-state index in [1.165, 1.54) is 23.1 Å². The van der Waals surface area contributed by atoms with Crippen molar-refractivity contribution in [2.75, 3.05) is 23.7 Å². The summed E-state index contributed by atoms with van der Waals surface area (Å²) in [5.41, 5.74) is 7.21. The highest BCUT2D eigenvalue weighted by molar-refractivity contribution is 7.86. The third-order valence-corrected chi connectivity index (χ3v) is 13.1. The lowest BCUT2D eigenvalue weighted by Gasteiger charge is -2.45. The number of halogens is 2. The Bertz CT molecular complexity index is 2560. The fourth-order valence-corrected chi connectivity index (χ4v) is 10.2. The molecule has 0 unspecified atom stereocenters. The standard InChI is InChI=1S/C41H42Cl2N2O6S2/c1-6-16-44-17-8-9-26-18-30-32(20-36(26)44)41(4,5)33-21-37-29(19-31(33)38(30)39-34(42)10-7-11-35(39)43)27(24-52(46,47)48)22-40(2,3)45(37)23-25-12-14-28(15-13-25)53(49,50)51/h7,10-15,18-22H,6,8-9,16-17,23-24H2,1-5H3,(H-,46,47,48,49,50,51)/p+1. The molecule has 7 rings (SSSR count). The molecule has 2 aliphatic heterocycles. The number of hydrogen-bond acceptors (Lipinski definition) is 5. The molecule has 0 bridgehead atoms. The third kappa shape index (κ3) is 6.87. The van der Waals surface area contributed by atoms with Gasteiger partial charge in [-0.3, -0.25) is 9.11 Å². The maximum atomic E-state index is 12.5. The molecule has 3 aliphatic rings. The first-order chi connectivity index (χ1) is 24.8. The van der Waals surface area contributed by atoms with E-state index in [1.54, 1.807) is 12.1 Å². The van der Waals surface area contributed by atoms with Gasteiger partial charge in [0.25, 0.3) is 20.2 Å². The van der Waals surface area contributed by atoms with Gasteiger partial charge >= 0.3 is 0 Å². The highest BCUT2D eigenvalue weighted by Gasteiger charge is 2.40. The van der Waals surface area contributed by atoms with E-state index in [9.17, 15) is 25.9 Å². The van der Waals surface area contributed by atoms with E-state index < -0.39 is 36.9 Å². The quantitative estimate of drug-likeness (QED) is 0.145. The van der Waals surface area contributed by atoms with Gasteiger partial charge in [-0.05, 0) is 101 Å².